The number of nitrogens with zero attached hydrogens (tertiary/aromatic N) is 1. The normalized spacial score (nSPS) is 11.7. The Morgan fingerprint density at radius 2 is 1.89 bits per heavy atom. The van der Waals surface area contributed by atoms with Gasteiger partial charge in [-0.15, -0.1) is 0 Å². The van der Waals surface area contributed by atoms with Crippen molar-refractivity contribution in [1.82, 2.24) is 9.88 Å². The summed E-state index contributed by atoms with van der Waals surface area (Å²) in [5.74, 6) is 1.67. The van der Waals surface area contributed by atoms with E-state index < -0.39 is 0 Å². The van der Waals surface area contributed by atoms with Crippen LogP contribution in [-0.4, -0.2) is 10.1 Å². The molecule has 2 aromatic heterocycles. The molecule has 4 heteroatoms. The fourth-order valence-electron chi connectivity index (χ4n) is 1.71. The molecule has 0 unspecified atom stereocenters. The van der Waals surface area contributed by atoms with Crippen LogP contribution in [0.1, 0.15) is 32.3 Å². The van der Waals surface area contributed by atoms with E-state index in [4.69, 9.17) is 4.42 Å². The van der Waals surface area contributed by atoms with Gasteiger partial charge in [-0.25, -0.2) is 0 Å². The van der Waals surface area contributed by atoms with Crippen molar-refractivity contribution in [2.75, 3.05) is 0 Å². The van der Waals surface area contributed by atoms with Crippen LogP contribution < -0.4 is 10.9 Å². The van der Waals surface area contributed by atoms with E-state index in [-0.39, 0.29) is 11.1 Å². The van der Waals surface area contributed by atoms with E-state index in [2.05, 4.69) is 26.1 Å². The summed E-state index contributed by atoms with van der Waals surface area (Å²) in [6.07, 6.45) is 1.76. The fourth-order valence-corrected chi connectivity index (χ4v) is 1.71. The summed E-state index contributed by atoms with van der Waals surface area (Å²) in [7, 11) is 0. The minimum Gasteiger partial charge on any atom is -0.463 e. The lowest BCUT2D eigenvalue weighted by Gasteiger charge is -2.19. The average Bonchev–Trinajstić information content (AvgIpc) is 2.77. The monoisotopic (exact) mass is 260 g/mol. The lowest BCUT2D eigenvalue weighted by molar-refractivity contribution is 0.376. The number of rotatable bonds is 4. The largest absolute Gasteiger partial charge is 0.463 e. The number of hydrogen-bond acceptors (Lipinski definition) is 3. The van der Waals surface area contributed by atoms with Crippen LogP contribution in [0.2, 0.25) is 0 Å². The van der Waals surface area contributed by atoms with Gasteiger partial charge in [0.15, 0.2) is 0 Å². The molecule has 0 aliphatic heterocycles. The highest BCUT2D eigenvalue weighted by molar-refractivity contribution is 5.08. The first-order valence-electron chi connectivity index (χ1n) is 6.42. The maximum absolute atomic E-state index is 11.6. The van der Waals surface area contributed by atoms with Crippen LogP contribution in [0.3, 0.4) is 0 Å². The summed E-state index contributed by atoms with van der Waals surface area (Å²) in [5, 5.41) is 3.36. The zero-order chi connectivity index (χ0) is 13.9. The molecule has 0 saturated heterocycles. The second kappa shape index (κ2) is 5.45. The molecule has 0 atom stereocenters. The van der Waals surface area contributed by atoms with Crippen LogP contribution in [0.5, 0.6) is 0 Å². The third-order valence-electron chi connectivity index (χ3n) is 2.74. The molecule has 19 heavy (non-hydrogen) atoms. The lowest BCUT2D eigenvalue weighted by Crippen LogP contribution is -2.34. The highest BCUT2D eigenvalue weighted by atomic mass is 16.3. The molecule has 2 aromatic rings. The minimum atomic E-state index is -0.0201. The zero-order valence-corrected chi connectivity index (χ0v) is 11.6. The van der Waals surface area contributed by atoms with Crippen molar-refractivity contribution < 1.29 is 4.42 Å². The van der Waals surface area contributed by atoms with Gasteiger partial charge in [-0.05, 0) is 39.0 Å². The van der Waals surface area contributed by atoms with Crippen molar-refractivity contribution in [3.05, 3.63) is 58.4 Å². The molecule has 0 bridgehead atoms. The first-order chi connectivity index (χ1) is 8.94. The molecule has 2 rings (SSSR count). The van der Waals surface area contributed by atoms with Crippen molar-refractivity contribution in [2.24, 2.45) is 0 Å². The molecule has 1 N–H and O–H groups in total. The average molecular weight is 260 g/mol. The van der Waals surface area contributed by atoms with Crippen LogP contribution in [0.25, 0.3) is 0 Å². The molecule has 2 heterocycles. The summed E-state index contributed by atoms with van der Waals surface area (Å²) in [6, 6.07) is 8.98. The lowest BCUT2D eigenvalue weighted by atomic mass is 10.1. The summed E-state index contributed by atoms with van der Waals surface area (Å²) in [6.45, 7) is 7.49. The van der Waals surface area contributed by atoms with Gasteiger partial charge in [0.1, 0.15) is 11.5 Å². The highest BCUT2D eigenvalue weighted by Gasteiger charge is 2.10. The third kappa shape index (κ3) is 4.10. The zero-order valence-electron chi connectivity index (χ0n) is 11.6. The van der Waals surface area contributed by atoms with E-state index in [1.165, 1.54) is 0 Å². The van der Waals surface area contributed by atoms with Gasteiger partial charge in [-0.2, -0.15) is 0 Å². The molecule has 0 aliphatic rings. The van der Waals surface area contributed by atoms with E-state index in [0.29, 0.717) is 13.1 Å². The second-order valence-corrected chi connectivity index (χ2v) is 5.64. The summed E-state index contributed by atoms with van der Waals surface area (Å²) < 4.78 is 7.34. The summed E-state index contributed by atoms with van der Waals surface area (Å²) in [5.41, 5.74) is 0.0387. The summed E-state index contributed by atoms with van der Waals surface area (Å²) >= 11 is 0. The van der Waals surface area contributed by atoms with Crippen molar-refractivity contribution >= 4 is 0 Å². The fraction of sp³-hybridized carbons (Fsp3) is 0.400. The molecule has 0 radical (unpaired) electrons. The SMILES string of the molecule is CC(C)(C)NCc1ccc(Cn2ccccc2=O)o1. The van der Waals surface area contributed by atoms with Crippen molar-refractivity contribution in [1.29, 1.82) is 0 Å². The number of aromatic nitrogens is 1. The van der Waals surface area contributed by atoms with Crippen molar-refractivity contribution in [2.45, 2.75) is 39.4 Å². The van der Waals surface area contributed by atoms with Gasteiger partial charge in [0.25, 0.3) is 5.56 Å². The number of nitrogens with one attached hydrogen (secondary N) is 1. The maximum atomic E-state index is 11.6. The molecule has 102 valence electrons. The molecule has 0 saturated carbocycles. The Bertz CT molecular complexity index is 590. The molecule has 4 nitrogen and oxygen atoms in total. The smallest absolute Gasteiger partial charge is 0.250 e. The van der Waals surface area contributed by atoms with Crippen molar-refractivity contribution in [3.8, 4) is 0 Å². The Kier molecular flexibility index (Phi) is 3.90. The molecule has 0 amide bonds. The molecule has 0 fully saturated rings. The molecular weight excluding hydrogens is 240 g/mol. The Balaban J connectivity index is 2.02. The van der Waals surface area contributed by atoms with Gasteiger partial charge >= 0.3 is 0 Å². The number of hydrogen-bond donors (Lipinski definition) is 1. The van der Waals surface area contributed by atoms with Gasteiger partial charge < -0.3 is 14.3 Å². The van der Waals surface area contributed by atoms with Crippen LogP contribution >= 0.6 is 0 Å². The van der Waals surface area contributed by atoms with Gasteiger partial charge in [0.2, 0.25) is 0 Å². The Hall–Kier alpha value is -1.81. The summed E-state index contributed by atoms with van der Waals surface area (Å²) in [4.78, 5) is 11.6. The van der Waals surface area contributed by atoms with Crippen LogP contribution in [0.15, 0.2) is 45.7 Å². The predicted octanol–water partition coefficient (Wildman–Crippen LogP) is 2.38. The van der Waals surface area contributed by atoms with Crippen molar-refractivity contribution in [3.63, 3.8) is 0 Å². The van der Waals surface area contributed by atoms with Gasteiger partial charge in [0, 0.05) is 17.8 Å². The quantitative estimate of drug-likeness (QED) is 0.918. The van der Waals surface area contributed by atoms with Crippen LogP contribution in [-0.2, 0) is 13.1 Å². The molecule has 0 spiro atoms. The Morgan fingerprint density at radius 1 is 1.16 bits per heavy atom. The molecule has 0 aromatic carbocycles. The maximum Gasteiger partial charge on any atom is 0.250 e. The van der Waals surface area contributed by atoms with E-state index in [1.54, 1.807) is 22.9 Å². The predicted molar refractivity (Wildman–Crippen MR) is 75.1 cm³/mol. The number of furan rings is 1. The third-order valence-corrected chi connectivity index (χ3v) is 2.74. The van der Waals surface area contributed by atoms with Gasteiger partial charge in [-0.3, -0.25) is 4.79 Å². The highest BCUT2D eigenvalue weighted by Crippen LogP contribution is 2.10. The van der Waals surface area contributed by atoms with Gasteiger partial charge in [-0.1, -0.05) is 6.07 Å². The Morgan fingerprint density at radius 3 is 2.58 bits per heavy atom. The number of pyridine rings is 1. The van der Waals surface area contributed by atoms with E-state index in [9.17, 15) is 4.79 Å². The van der Waals surface area contributed by atoms with E-state index in [0.717, 1.165) is 11.5 Å². The van der Waals surface area contributed by atoms with E-state index >= 15 is 0 Å². The molecular formula is C15H20N2O2. The first kappa shape index (κ1) is 13.6. The Labute approximate surface area is 113 Å². The standard InChI is InChI=1S/C15H20N2O2/c1-15(2,3)16-10-12-7-8-13(19-12)11-17-9-5-4-6-14(17)18/h4-9,16H,10-11H2,1-3H3. The minimum absolute atomic E-state index is 0.0201. The first-order valence-corrected chi connectivity index (χ1v) is 6.42. The van der Waals surface area contributed by atoms with E-state index in [1.807, 2.05) is 18.2 Å². The van der Waals surface area contributed by atoms with Gasteiger partial charge in [0.05, 0.1) is 13.1 Å². The molecule has 0 aliphatic carbocycles. The second-order valence-electron chi connectivity index (χ2n) is 5.64. The topological polar surface area (TPSA) is 47.2 Å². The van der Waals surface area contributed by atoms with Crippen LogP contribution in [0.4, 0.5) is 0 Å². The van der Waals surface area contributed by atoms with Crippen LogP contribution in [0, 0.1) is 0 Å².